The van der Waals surface area contributed by atoms with Crippen molar-refractivity contribution in [3.63, 3.8) is 0 Å². The van der Waals surface area contributed by atoms with E-state index in [-0.39, 0.29) is 23.8 Å². The quantitative estimate of drug-likeness (QED) is 0.461. The lowest BCUT2D eigenvalue weighted by molar-refractivity contribution is -0.130. The molecule has 0 N–H and O–H groups in total. The van der Waals surface area contributed by atoms with Crippen LogP contribution in [0.25, 0.3) is 0 Å². The predicted octanol–water partition coefficient (Wildman–Crippen LogP) is 4.46. The smallest absolute Gasteiger partial charge is 0.264 e. The van der Waals surface area contributed by atoms with Crippen LogP contribution in [0.5, 0.6) is 5.75 Å². The second-order valence-electron chi connectivity index (χ2n) is 8.03. The van der Waals surface area contributed by atoms with Crippen molar-refractivity contribution in [3.8, 4) is 5.75 Å². The monoisotopic (exact) mass is 470 g/mol. The number of carbonyl (C=O) groups excluding carboxylic acids is 1. The molecule has 1 aromatic heterocycles. The normalized spacial score (nSPS) is 11.3. The summed E-state index contributed by atoms with van der Waals surface area (Å²) >= 11 is 0. The van der Waals surface area contributed by atoms with E-state index >= 15 is 0 Å². The summed E-state index contributed by atoms with van der Waals surface area (Å²) in [5.41, 5.74) is 2.36. The van der Waals surface area contributed by atoms with Crippen LogP contribution >= 0.6 is 0 Å². The number of nitrogens with zero attached hydrogens (tertiary/aromatic N) is 2. The summed E-state index contributed by atoms with van der Waals surface area (Å²) in [5.74, 6) is 1.89. The van der Waals surface area contributed by atoms with Crippen molar-refractivity contribution in [2.24, 2.45) is 0 Å². The molecule has 0 aliphatic heterocycles. The minimum absolute atomic E-state index is 0.00193. The first-order valence-corrected chi connectivity index (χ1v) is 12.1. The lowest BCUT2D eigenvalue weighted by atomic mass is 10.1. The molecule has 0 aliphatic carbocycles. The van der Waals surface area contributed by atoms with Gasteiger partial charge in [0.15, 0.2) is 0 Å². The van der Waals surface area contributed by atoms with Gasteiger partial charge in [-0.25, -0.2) is 8.42 Å². The van der Waals surface area contributed by atoms with E-state index in [4.69, 9.17) is 9.15 Å². The van der Waals surface area contributed by atoms with Crippen molar-refractivity contribution < 1.29 is 22.4 Å². The van der Waals surface area contributed by atoms with Crippen LogP contribution in [0.15, 0.2) is 63.9 Å². The fourth-order valence-electron chi connectivity index (χ4n) is 3.42. The van der Waals surface area contributed by atoms with Gasteiger partial charge in [-0.15, -0.1) is 0 Å². The van der Waals surface area contributed by atoms with Crippen LogP contribution in [0.1, 0.15) is 29.1 Å². The molecular formula is C25H30N2O5S. The highest BCUT2D eigenvalue weighted by Gasteiger charge is 2.26. The zero-order valence-electron chi connectivity index (χ0n) is 19.7. The minimum atomic E-state index is -3.89. The van der Waals surface area contributed by atoms with E-state index in [1.54, 1.807) is 56.6 Å². The molecule has 2 aromatic carbocycles. The second kappa shape index (κ2) is 10.1. The lowest BCUT2D eigenvalue weighted by Crippen LogP contribution is -2.36. The van der Waals surface area contributed by atoms with E-state index in [1.807, 2.05) is 32.9 Å². The van der Waals surface area contributed by atoms with Crippen molar-refractivity contribution in [3.05, 3.63) is 77.2 Å². The van der Waals surface area contributed by atoms with Gasteiger partial charge in [0.05, 0.1) is 24.2 Å². The lowest BCUT2D eigenvalue weighted by Gasteiger charge is -2.26. The number of sulfonamides is 1. The minimum Gasteiger partial charge on any atom is -0.497 e. The molecule has 0 saturated heterocycles. The molecule has 1 amide bonds. The largest absolute Gasteiger partial charge is 0.497 e. The van der Waals surface area contributed by atoms with Crippen molar-refractivity contribution in [2.75, 3.05) is 25.0 Å². The zero-order valence-corrected chi connectivity index (χ0v) is 20.5. The molecule has 3 rings (SSSR count). The van der Waals surface area contributed by atoms with Crippen LogP contribution in [-0.4, -0.2) is 39.9 Å². The molecule has 0 aliphatic rings. The molecule has 33 heavy (non-hydrogen) atoms. The summed E-state index contributed by atoms with van der Waals surface area (Å²) < 4.78 is 39.2. The first-order chi connectivity index (χ1) is 15.6. The molecule has 7 nitrogen and oxygen atoms in total. The number of ether oxygens (including phenoxy) is 1. The molecule has 0 atom stereocenters. The average Bonchev–Trinajstić information content (AvgIpc) is 3.20. The van der Waals surface area contributed by atoms with Crippen molar-refractivity contribution in [1.29, 1.82) is 0 Å². The summed E-state index contributed by atoms with van der Waals surface area (Å²) in [6.45, 7) is 5.97. The van der Waals surface area contributed by atoms with Crippen molar-refractivity contribution in [1.82, 2.24) is 4.90 Å². The molecule has 0 saturated carbocycles. The second-order valence-corrected chi connectivity index (χ2v) is 9.90. The Hall–Kier alpha value is -3.26. The molecule has 1 heterocycles. The van der Waals surface area contributed by atoms with Crippen LogP contribution in [0.4, 0.5) is 5.69 Å². The Morgan fingerprint density at radius 1 is 0.970 bits per heavy atom. The Kier molecular flexibility index (Phi) is 7.48. The Balaban J connectivity index is 1.85. The van der Waals surface area contributed by atoms with Crippen LogP contribution in [-0.2, 0) is 21.4 Å². The van der Waals surface area contributed by atoms with Gasteiger partial charge in [0.2, 0.25) is 5.91 Å². The van der Waals surface area contributed by atoms with Gasteiger partial charge in [-0.2, -0.15) is 0 Å². The Bertz CT molecular complexity index is 1220. The molecular weight excluding hydrogens is 440 g/mol. The fourth-order valence-corrected chi connectivity index (χ4v) is 4.97. The SMILES string of the molecule is COc1ccc(N(CCC(=O)N(C)Cc2ccc(C)o2)S(=O)(=O)c2ccc(C)c(C)c2)cc1. The number of amides is 1. The molecule has 0 unspecified atom stereocenters. The van der Waals surface area contributed by atoms with Gasteiger partial charge < -0.3 is 14.1 Å². The first-order valence-electron chi connectivity index (χ1n) is 10.6. The third kappa shape index (κ3) is 5.76. The highest BCUT2D eigenvalue weighted by Crippen LogP contribution is 2.27. The van der Waals surface area contributed by atoms with Crippen LogP contribution in [0, 0.1) is 20.8 Å². The van der Waals surface area contributed by atoms with E-state index in [9.17, 15) is 13.2 Å². The summed E-state index contributed by atoms with van der Waals surface area (Å²) in [4.78, 5) is 14.5. The van der Waals surface area contributed by atoms with E-state index in [2.05, 4.69) is 0 Å². The predicted molar refractivity (Wildman–Crippen MR) is 128 cm³/mol. The summed E-state index contributed by atoms with van der Waals surface area (Å²) in [5, 5.41) is 0. The standard InChI is InChI=1S/C25H30N2O5S/c1-18-6-13-24(16-19(18)2)33(29,30)27(21-8-11-22(31-5)12-9-21)15-14-25(28)26(4)17-23-10-7-20(3)32-23/h6-13,16H,14-15,17H2,1-5H3. The van der Waals surface area contributed by atoms with Crippen LogP contribution in [0.2, 0.25) is 0 Å². The van der Waals surface area contributed by atoms with Gasteiger partial charge in [0.1, 0.15) is 17.3 Å². The third-order valence-corrected chi connectivity index (χ3v) is 7.39. The fraction of sp³-hybridized carbons (Fsp3) is 0.320. The number of anilines is 1. The third-order valence-electron chi connectivity index (χ3n) is 5.57. The maximum Gasteiger partial charge on any atom is 0.264 e. The number of hydrogen-bond acceptors (Lipinski definition) is 5. The molecule has 0 spiro atoms. The number of methoxy groups -OCH3 is 1. The number of furan rings is 1. The van der Waals surface area contributed by atoms with E-state index in [0.29, 0.717) is 23.7 Å². The van der Waals surface area contributed by atoms with Gasteiger partial charge in [-0.1, -0.05) is 6.07 Å². The average molecular weight is 471 g/mol. The number of carbonyl (C=O) groups is 1. The number of rotatable bonds is 9. The van der Waals surface area contributed by atoms with Crippen LogP contribution < -0.4 is 9.04 Å². The van der Waals surface area contributed by atoms with E-state index < -0.39 is 10.0 Å². The maximum absolute atomic E-state index is 13.6. The summed E-state index contributed by atoms with van der Waals surface area (Å²) in [6, 6.07) is 15.5. The van der Waals surface area contributed by atoms with E-state index in [1.165, 1.54) is 9.21 Å². The Labute approximate surface area is 195 Å². The first kappa shape index (κ1) is 24.4. The summed E-state index contributed by atoms with van der Waals surface area (Å²) in [6.07, 6.45) is 0.0201. The van der Waals surface area contributed by atoms with Gasteiger partial charge in [-0.3, -0.25) is 9.10 Å². The molecule has 0 fully saturated rings. The van der Waals surface area contributed by atoms with Gasteiger partial charge in [0.25, 0.3) is 10.0 Å². The molecule has 3 aromatic rings. The van der Waals surface area contributed by atoms with Gasteiger partial charge in [0, 0.05) is 20.0 Å². The van der Waals surface area contributed by atoms with Crippen molar-refractivity contribution in [2.45, 2.75) is 38.6 Å². The molecule has 8 heteroatoms. The highest BCUT2D eigenvalue weighted by molar-refractivity contribution is 7.92. The van der Waals surface area contributed by atoms with Gasteiger partial charge >= 0.3 is 0 Å². The molecule has 176 valence electrons. The van der Waals surface area contributed by atoms with Gasteiger partial charge in [-0.05, 0) is 80.4 Å². The Morgan fingerprint density at radius 2 is 1.67 bits per heavy atom. The summed E-state index contributed by atoms with van der Waals surface area (Å²) in [7, 11) is -0.661. The number of aryl methyl sites for hydroxylation is 3. The topological polar surface area (TPSA) is 80.1 Å². The molecule has 0 bridgehead atoms. The molecule has 0 radical (unpaired) electrons. The Morgan fingerprint density at radius 3 is 2.24 bits per heavy atom. The maximum atomic E-state index is 13.6. The number of benzene rings is 2. The van der Waals surface area contributed by atoms with Crippen LogP contribution in [0.3, 0.4) is 0 Å². The van der Waals surface area contributed by atoms with E-state index in [0.717, 1.165) is 16.9 Å². The zero-order chi connectivity index (χ0) is 24.2. The van der Waals surface area contributed by atoms with Crippen molar-refractivity contribution >= 4 is 21.6 Å². The highest BCUT2D eigenvalue weighted by atomic mass is 32.2. The number of hydrogen-bond donors (Lipinski definition) is 0.